The number of carbonyl (C=O) groups excluding carboxylic acids is 1. The third kappa shape index (κ3) is 5.79. The van der Waals surface area contributed by atoms with E-state index in [1.807, 2.05) is 18.8 Å². The predicted octanol–water partition coefficient (Wildman–Crippen LogP) is 5.17. The van der Waals surface area contributed by atoms with Crippen LogP contribution in [0.25, 0.3) is 0 Å². The Morgan fingerprint density at radius 1 is 1.26 bits per heavy atom. The molecule has 4 aliphatic rings. The number of aromatic nitrogens is 3. The minimum absolute atomic E-state index is 0.0454. The summed E-state index contributed by atoms with van der Waals surface area (Å²) in [5, 5.41) is 4.90. The van der Waals surface area contributed by atoms with Crippen molar-refractivity contribution in [3.63, 3.8) is 0 Å². The van der Waals surface area contributed by atoms with Crippen LogP contribution in [0.5, 0.6) is 5.19 Å². The summed E-state index contributed by atoms with van der Waals surface area (Å²) < 4.78 is 39.4. The van der Waals surface area contributed by atoms with Gasteiger partial charge >= 0.3 is 0 Å². The molecule has 6 rings (SSSR count). The summed E-state index contributed by atoms with van der Waals surface area (Å²) in [7, 11) is 3.76. The molecule has 2 unspecified atom stereocenters. The first kappa shape index (κ1) is 27.3. The number of alkyl halides is 2. The van der Waals surface area contributed by atoms with Gasteiger partial charge in [-0.3, -0.25) is 14.4 Å². The van der Waals surface area contributed by atoms with Gasteiger partial charge in [0.05, 0.1) is 17.5 Å². The molecule has 0 saturated heterocycles. The average Bonchev–Trinajstić information content (AvgIpc) is 3.43. The maximum Gasteiger partial charge on any atom is 0.278 e. The lowest BCUT2D eigenvalue weighted by Gasteiger charge is -2.59. The molecule has 2 aromatic heterocycles. The number of thiazole rings is 1. The summed E-state index contributed by atoms with van der Waals surface area (Å²) in [4.78, 5) is 21.2. The molecule has 7 nitrogen and oxygen atoms in total. The number of rotatable bonds is 10. The Morgan fingerprint density at radius 2 is 2.05 bits per heavy atom. The number of hydrogen-bond acceptors (Lipinski definition) is 7. The van der Waals surface area contributed by atoms with E-state index in [0.29, 0.717) is 41.2 Å². The highest BCUT2D eigenvalue weighted by Gasteiger charge is 2.55. The second-order valence-electron chi connectivity index (χ2n) is 12.7. The Kier molecular flexibility index (Phi) is 7.33. The molecule has 0 bridgehead atoms. The van der Waals surface area contributed by atoms with Crippen LogP contribution in [0.3, 0.4) is 0 Å². The number of ketones is 1. The van der Waals surface area contributed by atoms with E-state index in [1.165, 1.54) is 42.6 Å². The lowest BCUT2D eigenvalue weighted by molar-refractivity contribution is -0.136. The molecule has 1 aliphatic heterocycles. The quantitative estimate of drug-likeness (QED) is 0.398. The van der Waals surface area contributed by atoms with E-state index in [0.717, 1.165) is 62.0 Å². The second kappa shape index (κ2) is 10.5. The third-order valence-electron chi connectivity index (χ3n) is 9.43. The first-order chi connectivity index (χ1) is 18.6. The number of halogens is 2. The maximum atomic E-state index is 13.2. The monoisotopic (exact) mass is 562 g/mol. The number of nitrogens with zero attached hydrogens (tertiary/aromatic N) is 4. The van der Waals surface area contributed by atoms with E-state index < -0.39 is 12.5 Å². The number of ether oxygens (including phenoxy) is 2. The summed E-state index contributed by atoms with van der Waals surface area (Å²) in [6.45, 7) is 2.70. The minimum Gasteiger partial charge on any atom is -0.464 e. The minimum atomic E-state index is -2.86. The number of methoxy groups -OCH3 is 1. The van der Waals surface area contributed by atoms with Crippen LogP contribution in [0.15, 0.2) is 6.20 Å². The molecular formula is C29H40F2N4O3S. The van der Waals surface area contributed by atoms with Gasteiger partial charge in [-0.1, -0.05) is 11.3 Å². The first-order valence-corrected chi connectivity index (χ1v) is 15.2. The van der Waals surface area contributed by atoms with Gasteiger partial charge in [-0.05, 0) is 68.6 Å². The van der Waals surface area contributed by atoms with E-state index in [-0.39, 0.29) is 12.0 Å². The zero-order chi connectivity index (χ0) is 27.4. The van der Waals surface area contributed by atoms with E-state index in [1.54, 1.807) is 0 Å². The van der Waals surface area contributed by atoms with Gasteiger partial charge < -0.3 is 9.47 Å². The molecule has 0 radical (unpaired) electrons. The zero-order valence-corrected chi connectivity index (χ0v) is 24.1. The van der Waals surface area contributed by atoms with Gasteiger partial charge in [-0.15, -0.1) is 0 Å². The fraction of sp³-hybridized carbons (Fsp3) is 0.759. The molecule has 10 heteroatoms. The zero-order valence-electron chi connectivity index (χ0n) is 23.3. The van der Waals surface area contributed by atoms with Crippen LogP contribution < -0.4 is 4.74 Å². The topological polar surface area (TPSA) is 69.5 Å². The SMILES string of the molecule is COC(CN1CCc2sc(OCC(C)(F)F)nc2C1)C1CC2(CC(CC(=O)C3CCCc4nn(C)cc43)C2)C1. The molecule has 3 aliphatic carbocycles. The average molecular weight is 563 g/mol. The fourth-order valence-electron chi connectivity index (χ4n) is 7.69. The highest BCUT2D eigenvalue weighted by molar-refractivity contribution is 7.13. The molecule has 214 valence electrons. The molecule has 0 amide bonds. The van der Waals surface area contributed by atoms with Crippen LogP contribution in [0, 0.1) is 17.3 Å². The van der Waals surface area contributed by atoms with Crippen molar-refractivity contribution >= 4 is 17.1 Å². The maximum absolute atomic E-state index is 13.2. The van der Waals surface area contributed by atoms with Gasteiger partial charge in [-0.25, -0.2) is 13.8 Å². The Hall–Kier alpha value is -1.91. The van der Waals surface area contributed by atoms with Crippen LogP contribution in [0.2, 0.25) is 0 Å². The summed E-state index contributed by atoms with van der Waals surface area (Å²) >= 11 is 1.39. The van der Waals surface area contributed by atoms with Gasteiger partial charge in [0.15, 0.2) is 6.61 Å². The smallest absolute Gasteiger partial charge is 0.278 e. The van der Waals surface area contributed by atoms with Gasteiger partial charge in [-0.2, -0.15) is 5.10 Å². The number of aryl methyl sites for hydroxylation is 2. The molecule has 3 heterocycles. The van der Waals surface area contributed by atoms with Crippen molar-refractivity contribution < 1.29 is 23.0 Å². The van der Waals surface area contributed by atoms with E-state index in [9.17, 15) is 13.6 Å². The molecule has 2 atom stereocenters. The Balaban J connectivity index is 0.956. The molecule has 1 spiro atoms. The highest BCUT2D eigenvalue weighted by Crippen LogP contribution is 2.63. The summed E-state index contributed by atoms with van der Waals surface area (Å²) in [5.74, 6) is -1.33. The number of hydrogen-bond donors (Lipinski definition) is 0. The molecule has 2 saturated carbocycles. The fourth-order valence-corrected chi connectivity index (χ4v) is 8.60. The standard InChI is InChI=1S/C29H40F2N4O3S/c1-28(30,31)17-38-27-32-23-15-35(8-7-26(23)39-27)16-25(37-3)19-12-29(13-19)10-18(11-29)9-24(36)20-5-4-6-22-21(20)14-34(2)33-22/h14,18-20,25H,4-13,15-17H2,1-3H3. The van der Waals surface area contributed by atoms with Gasteiger partial charge in [0.1, 0.15) is 5.78 Å². The largest absolute Gasteiger partial charge is 0.464 e. The van der Waals surface area contributed by atoms with Gasteiger partial charge in [0.25, 0.3) is 11.1 Å². The van der Waals surface area contributed by atoms with Crippen LogP contribution in [0.4, 0.5) is 8.78 Å². The Labute approximate surface area is 233 Å². The highest BCUT2D eigenvalue weighted by atomic mass is 32.1. The van der Waals surface area contributed by atoms with Gasteiger partial charge in [0, 0.05) is 69.7 Å². The molecule has 2 fully saturated rings. The Bertz CT molecular complexity index is 1190. The van der Waals surface area contributed by atoms with E-state index in [4.69, 9.17) is 9.47 Å². The van der Waals surface area contributed by atoms with Crippen LogP contribution in [-0.2, 0) is 36.0 Å². The normalized spacial score (nSPS) is 29.3. The lowest BCUT2D eigenvalue weighted by Crippen LogP contribution is -2.53. The summed E-state index contributed by atoms with van der Waals surface area (Å²) in [5.41, 5.74) is 3.65. The molecule has 0 N–H and O–H groups in total. The molecule has 0 aromatic carbocycles. The number of Topliss-reactive ketones (excluding diaryl/α,β-unsaturated/α-hetero) is 1. The van der Waals surface area contributed by atoms with Crippen molar-refractivity contribution in [2.75, 3.05) is 26.8 Å². The van der Waals surface area contributed by atoms with Gasteiger partial charge in [0.2, 0.25) is 0 Å². The van der Waals surface area contributed by atoms with Crippen molar-refractivity contribution in [3.05, 3.63) is 28.0 Å². The molecule has 39 heavy (non-hydrogen) atoms. The van der Waals surface area contributed by atoms with E-state index in [2.05, 4.69) is 21.2 Å². The molecule has 2 aromatic rings. The lowest BCUT2D eigenvalue weighted by atomic mass is 9.46. The first-order valence-electron chi connectivity index (χ1n) is 14.4. The second-order valence-corrected chi connectivity index (χ2v) is 13.8. The van der Waals surface area contributed by atoms with Crippen molar-refractivity contribution in [2.45, 2.75) is 89.2 Å². The van der Waals surface area contributed by atoms with Crippen LogP contribution in [0.1, 0.15) is 79.6 Å². The van der Waals surface area contributed by atoms with Crippen molar-refractivity contribution in [1.29, 1.82) is 0 Å². The van der Waals surface area contributed by atoms with Crippen molar-refractivity contribution in [1.82, 2.24) is 19.7 Å². The number of carbonyl (C=O) groups is 1. The number of fused-ring (bicyclic) bond motifs is 2. The molecular weight excluding hydrogens is 522 g/mol. The summed E-state index contributed by atoms with van der Waals surface area (Å²) in [6.07, 6.45) is 11.5. The van der Waals surface area contributed by atoms with Crippen LogP contribution in [-0.4, -0.2) is 64.3 Å². The Morgan fingerprint density at radius 3 is 2.79 bits per heavy atom. The third-order valence-corrected chi connectivity index (χ3v) is 10.5. The van der Waals surface area contributed by atoms with E-state index >= 15 is 0 Å². The summed E-state index contributed by atoms with van der Waals surface area (Å²) in [6, 6.07) is 0. The van der Waals surface area contributed by atoms with Crippen molar-refractivity contribution in [2.24, 2.45) is 24.3 Å². The predicted molar refractivity (Wildman–Crippen MR) is 144 cm³/mol. The van der Waals surface area contributed by atoms with Crippen LogP contribution >= 0.6 is 11.3 Å². The van der Waals surface area contributed by atoms with Crippen molar-refractivity contribution in [3.8, 4) is 5.19 Å².